The highest BCUT2D eigenvalue weighted by Crippen LogP contribution is 2.27. The Morgan fingerprint density at radius 3 is 2.48 bits per heavy atom. The Balaban J connectivity index is 2.51. The third-order valence-corrected chi connectivity index (χ3v) is 3.47. The third kappa shape index (κ3) is 3.40. The molecule has 0 radical (unpaired) electrons. The summed E-state index contributed by atoms with van der Waals surface area (Å²) in [6, 6.07) is 9.59. The molecule has 1 amide bonds. The fraction of sp³-hybridized carbons (Fsp3) is 0.294. The first-order valence-electron chi connectivity index (χ1n) is 6.88. The number of nitrogens with one attached hydrogen (secondary N) is 1. The number of fused-ring (bicyclic) bond motifs is 1. The molecule has 0 fully saturated rings. The smallest absolute Gasteiger partial charge is 0.216 e. The Kier molecular flexibility index (Phi) is 4.58. The van der Waals surface area contributed by atoms with Gasteiger partial charge in [0.05, 0.1) is 7.11 Å². The van der Waals surface area contributed by atoms with Crippen molar-refractivity contribution in [2.75, 3.05) is 13.7 Å². The van der Waals surface area contributed by atoms with Gasteiger partial charge in [0.25, 0.3) is 0 Å². The number of Topliss-reactive ketones (excluding diaryl/α,β-unsaturated/α-hetero) is 1. The van der Waals surface area contributed by atoms with E-state index in [9.17, 15) is 9.59 Å². The second-order valence-corrected chi connectivity index (χ2v) is 4.97. The molecule has 0 spiro atoms. The van der Waals surface area contributed by atoms with Crippen molar-refractivity contribution < 1.29 is 14.3 Å². The molecule has 2 aromatic carbocycles. The van der Waals surface area contributed by atoms with Crippen LogP contribution in [0.25, 0.3) is 10.8 Å². The van der Waals surface area contributed by atoms with Gasteiger partial charge in [0.1, 0.15) is 5.75 Å². The summed E-state index contributed by atoms with van der Waals surface area (Å²) in [6.45, 7) is 3.55. The van der Waals surface area contributed by atoms with E-state index in [1.807, 2.05) is 30.3 Å². The van der Waals surface area contributed by atoms with Crippen LogP contribution in [0, 0.1) is 0 Å². The van der Waals surface area contributed by atoms with Crippen molar-refractivity contribution in [3.63, 3.8) is 0 Å². The van der Waals surface area contributed by atoms with E-state index in [1.54, 1.807) is 14.0 Å². The monoisotopic (exact) mass is 285 g/mol. The number of benzene rings is 2. The molecule has 0 aliphatic carbocycles. The van der Waals surface area contributed by atoms with Gasteiger partial charge in [0.2, 0.25) is 5.91 Å². The predicted octanol–water partition coefficient (Wildman–Crippen LogP) is 2.73. The number of methoxy groups -OCH3 is 1. The second-order valence-electron chi connectivity index (χ2n) is 4.97. The maximum atomic E-state index is 11.8. The largest absolute Gasteiger partial charge is 0.497 e. The van der Waals surface area contributed by atoms with Crippen LogP contribution in [0.5, 0.6) is 5.75 Å². The van der Waals surface area contributed by atoms with Crippen molar-refractivity contribution in [3.05, 3.63) is 41.5 Å². The zero-order valence-corrected chi connectivity index (χ0v) is 12.5. The Bertz CT molecular complexity index is 692. The normalized spacial score (nSPS) is 10.4. The van der Waals surface area contributed by atoms with Gasteiger partial charge in [-0.25, -0.2) is 0 Å². The molecule has 2 rings (SSSR count). The van der Waals surface area contributed by atoms with Crippen molar-refractivity contribution in [1.29, 1.82) is 0 Å². The highest BCUT2D eigenvalue weighted by molar-refractivity contribution is 6.01. The molecule has 0 aromatic heterocycles. The summed E-state index contributed by atoms with van der Waals surface area (Å²) < 4.78 is 5.27. The number of amides is 1. The first-order chi connectivity index (χ1) is 10.0. The second kappa shape index (κ2) is 6.39. The van der Waals surface area contributed by atoms with Crippen LogP contribution in [-0.4, -0.2) is 25.3 Å². The number of carbonyl (C=O) groups excluding carboxylic acids is 2. The number of ether oxygens (including phenoxy) is 1. The fourth-order valence-electron chi connectivity index (χ4n) is 2.45. The number of ketones is 1. The van der Waals surface area contributed by atoms with Gasteiger partial charge in [-0.1, -0.05) is 18.2 Å². The van der Waals surface area contributed by atoms with Crippen molar-refractivity contribution >= 4 is 22.5 Å². The predicted molar refractivity (Wildman–Crippen MR) is 82.9 cm³/mol. The summed E-state index contributed by atoms with van der Waals surface area (Å²) >= 11 is 0. The van der Waals surface area contributed by atoms with Gasteiger partial charge in [-0.3, -0.25) is 9.59 Å². The van der Waals surface area contributed by atoms with Gasteiger partial charge in [-0.05, 0) is 41.8 Å². The Morgan fingerprint density at radius 2 is 1.86 bits per heavy atom. The molecular weight excluding hydrogens is 266 g/mol. The van der Waals surface area contributed by atoms with Crippen LogP contribution in [0.4, 0.5) is 0 Å². The molecule has 0 aliphatic rings. The van der Waals surface area contributed by atoms with Gasteiger partial charge in [0.15, 0.2) is 5.78 Å². The molecular formula is C17H19NO3. The lowest BCUT2D eigenvalue weighted by Gasteiger charge is -2.13. The van der Waals surface area contributed by atoms with E-state index >= 15 is 0 Å². The molecule has 0 bridgehead atoms. The number of hydrogen-bond donors (Lipinski definition) is 1. The van der Waals surface area contributed by atoms with Crippen LogP contribution in [0.15, 0.2) is 30.3 Å². The quantitative estimate of drug-likeness (QED) is 0.859. The van der Waals surface area contributed by atoms with Crippen LogP contribution in [0.1, 0.15) is 29.8 Å². The Morgan fingerprint density at radius 1 is 1.14 bits per heavy atom. The van der Waals surface area contributed by atoms with E-state index in [-0.39, 0.29) is 11.7 Å². The molecule has 0 heterocycles. The van der Waals surface area contributed by atoms with Gasteiger partial charge in [-0.15, -0.1) is 0 Å². The van der Waals surface area contributed by atoms with Crippen LogP contribution in [0.3, 0.4) is 0 Å². The topological polar surface area (TPSA) is 55.4 Å². The standard InChI is InChI=1S/C17H19NO3/c1-11(19)15-7-5-13-4-6-14(21-3)10-17(13)16(15)8-9-18-12(2)20/h4-7,10H,8-9H2,1-3H3,(H,18,20). The fourth-order valence-corrected chi connectivity index (χ4v) is 2.45. The zero-order valence-electron chi connectivity index (χ0n) is 12.5. The van der Waals surface area contributed by atoms with Crippen molar-refractivity contribution in [2.45, 2.75) is 20.3 Å². The SMILES string of the molecule is COc1ccc2ccc(C(C)=O)c(CCNC(C)=O)c2c1. The van der Waals surface area contributed by atoms with E-state index in [4.69, 9.17) is 4.74 Å². The Hall–Kier alpha value is -2.36. The summed E-state index contributed by atoms with van der Waals surface area (Å²) in [7, 11) is 1.62. The molecule has 4 heteroatoms. The molecule has 0 unspecified atom stereocenters. The molecule has 21 heavy (non-hydrogen) atoms. The number of carbonyl (C=O) groups is 2. The lowest BCUT2D eigenvalue weighted by Crippen LogP contribution is -2.23. The van der Waals surface area contributed by atoms with Crippen molar-refractivity contribution in [3.8, 4) is 5.75 Å². The average Bonchev–Trinajstić information content (AvgIpc) is 2.46. The molecule has 0 atom stereocenters. The Labute approximate surface area is 124 Å². The lowest BCUT2D eigenvalue weighted by atomic mass is 9.94. The summed E-state index contributed by atoms with van der Waals surface area (Å²) in [4.78, 5) is 22.9. The highest BCUT2D eigenvalue weighted by Gasteiger charge is 2.12. The van der Waals surface area contributed by atoms with Crippen LogP contribution in [-0.2, 0) is 11.2 Å². The van der Waals surface area contributed by atoms with E-state index < -0.39 is 0 Å². The third-order valence-electron chi connectivity index (χ3n) is 3.47. The van der Waals surface area contributed by atoms with Gasteiger partial charge in [0, 0.05) is 19.0 Å². The molecule has 1 N–H and O–H groups in total. The van der Waals surface area contributed by atoms with Crippen LogP contribution in [0.2, 0.25) is 0 Å². The minimum Gasteiger partial charge on any atom is -0.497 e. The van der Waals surface area contributed by atoms with Gasteiger partial charge in [-0.2, -0.15) is 0 Å². The summed E-state index contributed by atoms with van der Waals surface area (Å²) in [5.74, 6) is 0.707. The molecule has 4 nitrogen and oxygen atoms in total. The maximum Gasteiger partial charge on any atom is 0.216 e. The van der Waals surface area contributed by atoms with Crippen LogP contribution < -0.4 is 10.1 Å². The highest BCUT2D eigenvalue weighted by atomic mass is 16.5. The maximum absolute atomic E-state index is 11.8. The molecule has 2 aromatic rings. The number of rotatable bonds is 5. The van der Waals surface area contributed by atoms with E-state index in [2.05, 4.69) is 5.32 Å². The zero-order chi connectivity index (χ0) is 15.4. The number of hydrogen-bond acceptors (Lipinski definition) is 3. The van der Waals surface area contributed by atoms with Crippen molar-refractivity contribution in [2.24, 2.45) is 0 Å². The minimum atomic E-state index is -0.0720. The van der Waals surface area contributed by atoms with Gasteiger partial charge >= 0.3 is 0 Å². The summed E-state index contributed by atoms with van der Waals surface area (Å²) in [6.07, 6.45) is 0.610. The minimum absolute atomic E-state index is 0.0255. The lowest BCUT2D eigenvalue weighted by molar-refractivity contribution is -0.118. The first kappa shape index (κ1) is 15.0. The summed E-state index contributed by atoms with van der Waals surface area (Å²) in [5.41, 5.74) is 1.65. The van der Waals surface area contributed by atoms with Gasteiger partial charge < -0.3 is 10.1 Å². The summed E-state index contributed by atoms with van der Waals surface area (Å²) in [5, 5.41) is 4.82. The average molecular weight is 285 g/mol. The van der Waals surface area contributed by atoms with E-state index in [1.165, 1.54) is 6.92 Å². The van der Waals surface area contributed by atoms with E-state index in [0.29, 0.717) is 18.5 Å². The molecule has 0 saturated heterocycles. The molecule has 110 valence electrons. The molecule has 0 aliphatic heterocycles. The first-order valence-corrected chi connectivity index (χ1v) is 6.88. The van der Waals surface area contributed by atoms with E-state index in [0.717, 1.165) is 22.1 Å². The van der Waals surface area contributed by atoms with Crippen molar-refractivity contribution in [1.82, 2.24) is 5.32 Å². The molecule has 0 saturated carbocycles. The van der Waals surface area contributed by atoms with Crippen LogP contribution >= 0.6 is 0 Å².